The lowest BCUT2D eigenvalue weighted by atomic mass is 10.0. The molecule has 0 bridgehead atoms. The molecule has 0 aromatic rings. The molecule has 0 radical (unpaired) electrons. The van der Waals surface area contributed by atoms with Gasteiger partial charge in [-0.3, -0.25) is 4.79 Å². The van der Waals surface area contributed by atoms with Gasteiger partial charge >= 0.3 is 0 Å². The van der Waals surface area contributed by atoms with Crippen LogP contribution in [0, 0.1) is 5.92 Å². The summed E-state index contributed by atoms with van der Waals surface area (Å²) < 4.78 is 5.50. The summed E-state index contributed by atoms with van der Waals surface area (Å²) in [5.74, 6) is 0.485. The first-order valence-electron chi connectivity index (χ1n) is 6.13. The Hall–Kier alpha value is -0.320. The average molecular weight is 265 g/mol. The van der Waals surface area contributed by atoms with Crippen molar-refractivity contribution in [2.45, 2.75) is 45.3 Å². The molecule has 1 unspecified atom stereocenters. The fourth-order valence-electron chi connectivity index (χ4n) is 2.08. The Bertz CT molecular complexity index is 231. The molecule has 2 atom stereocenters. The molecule has 17 heavy (non-hydrogen) atoms. The van der Waals surface area contributed by atoms with E-state index in [2.05, 4.69) is 13.8 Å². The van der Waals surface area contributed by atoms with Crippen molar-refractivity contribution >= 4 is 18.3 Å². The van der Waals surface area contributed by atoms with E-state index in [-0.39, 0.29) is 30.5 Å². The van der Waals surface area contributed by atoms with Gasteiger partial charge in [0.15, 0.2) is 0 Å². The van der Waals surface area contributed by atoms with Gasteiger partial charge in [-0.05, 0) is 25.2 Å². The van der Waals surface area contributed by atoms with Crippen molar-refractivity contribution in [2.75, 3.05) is 20.2 Å². The summed E-state index contributed by atoms with van der Waals surface area (Å²) >= 11 is 0. The van der Waals surface area contributed by atoms with Crippen molar-refractivity contribution in [1.29, 1.82) is 0 Å². The van der Waals surface area contributed by atoms with E-state index in [1.165, 1.54) is 0 Å². The van der Waals surface area contributed by atoms with E-state index in [0.717, 1.165) is 25.9 Å². The van der Waals surface area contributed by atoms with E-state index in [0.29, 0.717) is 12.5 Å². The van der Waals surface area contributed by atoms with Crippen LogP contribution in [0.3, 0.4) is 0 Å². The number of carbonyl (C=O) groups excluding carboxylic acids is 1. The maximum Gasteiger partial charge on any atom is 0.239 e. The van der Waals surface area contributed by atoms with Crippen LogP contribution >= 0.6 is 12.4 Å². The van der Waals surface area contributed by atoms with Crippen molar-refractivity contribution in [3.63, 3.8) is 0 Å². The number of halogens is 1. The van der Waals surface area contributed by atoms with Gasteiger partial charge in [0.1, 0.15) is 0 Å². The van der Waals surface area contributed by atoms with Gasteiger partial charge in [0.25, 0.3) is 0 Å². The average Bonchev–Trinajstić information content (AvgIpc) is 2.68. The van der Waals surface area contributed by atoms with Crippen LogP contribution in [-0.2, 0) is 9.53 Å². The predicted molar refractivity (Wildman–Crippen MR) is 71.3 cm³/mol. The highest BCUT2D eigenvalue weighted by atomic mass is 35.5. The van der Waals surface area contributed by atoms with Crippen LogP contribution in [0.1, 0.15) is 33.1 Å². The molecule has 4 nitrogen and oxygen atoms in total. The van der Waals surface area contributed by atoms with Crippen LogP contribution in [0.25, 0.3) is 0 Å². The number of likely N-dealkylation sites (N-methyl/N-ethyl adjacent to an activating group) is 1. The van der Waals surface area contributed by atoms with Gasteiger partial charge in [0.2, 0.25) is 5.91 Å². The van der Waals surface area contributed by atoms with E-state index >= 15 is 0 Å². The standard InChI is InChI=1S/C12H24N2O2.ClH/c1-9(2)7-11(13)12(15)14(3)8-10-5-4-6-16-10;/h9-11H,4-8,13H2,1-3H3;1H/t10?,11-;/m0./s1. The molecular formula is C12H25ClN2O2. The molecule has 5 heteroatoms. The van der Waals surface area contributed by atoms with Crippen molar-refractivity contribution in [3.05, 3.63) is 0 Å². The Labute approximate surface area is 110 Å². The van der Waals surface area contributed by atoms with E-state index in [9.17, 15) is 4.79 Å². The molecule has 1 aliphatic heterocycles. The van der Waals surface area contributed by atoms with Crippen LogP contribution < -0.4 is 5.73 Å². The number of hydrogen-bond donors (Lipinski definition) is 1. The fourth-order valence-corrected chi connectivity index (χ4v) is 2.08. The lowest BCUT2D eigenvalue weighted by Gasteiger charge is -2.24. The van der Waals surface area contributed by atoms with Crippen LogP contribution in [0.4, 0.5) is 0 Å². The van der Waals surface area contributed by atoms with Gasteiger partial charge in [0.05, 0.1) is 12.1 Å². The minimum atomic E-state index is -0.369. The molecule has 1 saturated heterocycles. The van der Waals surface area contributed by atoms with Crippen molar-refractivity contribution in [3.8, 4) is 0 Å². The lowest BCUT2D eigenvalue weighted by molar-refractivity contribution is -0.133. The highest BCUT2D eigenvalue weighted by Crippen LogP contribution is 2.13. The second-order valence-electron chi connectivity index (χ2n) is 5.09. The normalized spacial score (nSPS) is 21.1. The number of ether oxygens (including phenoxy) is 1. The molecular weight excluding hydrogens is 240 g/mol. The quantitative estimate of drug-likeness (QED) is 0.817. The van der Waals surface area contributed by atoms with E-state index < -0.39 is 0 Å². The summed E-state index contributed by atoms with van der Waals surface area (Å²) in [5, 5.41) is 0. The molecule has 0 aliphatic carbocycles. The van der Waals surface area contributed by atoms with Gasteiger partial charge in [-0.2, -0.15) is 0 Å². The second kappa shape index (κ2) is 7.90. The summed E-state index contributed by atoms with van der Waals surface area (Å²) in [7, 11) is 1.81. The van der Waals surface area contributed by atoms with Gasteiger partial charge in [-0.25, -0.2) is 0 Å². The van der Waals surface area contributed by atoms with Crippen molar-refractivity contribution in [1.82, 2.24) is 4.90 Å². The lowest BCUT2D eigenvalue weighted by Crippen LogP contribution is -2.45. The fraction of sp³-hybridized carbons (Fsp3) is 0.917. The van der Waals surface area contributed by atoms with Crippen LogP contribution in [-0.4, -0.2) is 43.2 Å². The Balaban J connectivity index is 0.00000256. The smallest absolute Gasteiger partial charge is 0.239 e. The Kier molecular flexibility index (Phi) is 7.75. The van der Waals surface area contributed by atoms with Gasteiger partial charge in [-0.15, -0.1) is 12.4 Å². The molecule has 2 N–H and O–H groups in total. The Morgan fingerprint density at radius 1 is 1.53 bits per heavy atom. The van der Waals surface area contributed by atoms with Crippen molar-refractivity contribution < 1.29 is 9.53 Å². The zero-order valence-electron chi connectivity index (χ0n) is 11.0. The van der Waals surface area contributed by atoms with Crippen LogP contribution in [0.15, 0.2) is 0 Å². The van der Waals surface area contributed by atoms with E-state index in [1.807, 2.05) is 7.05 Å². The summed E-state index contributed by atoms with van der Waals surface area (Å²) in [6.45, 7) is 5.65. The zero-order chi connectivity index (χ0) is 12.1. The molecule has 1 aliphatic rings. The third-order valence-electron chi connectivity index (χ3n) is 2.92. The zero-order valence-corrected chi connectivity index (χ0v) is 11.8. The maximum absolute atomic E-state index is 11.9. The number of nitrogens with two attached hydrogens (primary N) is 1. The molecule has 0 aromatic heterocycles. The molecule has 102 valence electrons. The highest BCUT2D eigenvalue weighted by Gasteiger charge is 2.23. The molecule has 1 amide bonds. The molecule has 0 aromatic carbocycles. The van der Waals surface area contributed by atoms with E-state index in [4.69, 9.17) is 10.5 Å². The number of nitrogens with zero attached hydrogens (tertiary/aromatic N) is 1. The number of hydrogen-bond acceptors (Lipinski definition) is 3. The summed E-state index contributed by atoms with van der Waals surface area (Å²) in [5.41, 5.74) is 5.86. The molecule has 1 fully saturated rings. The first kappa shape index (κ1) is 16.7. The number of amides is 1. The minimum Gasteiger partial charge on any atom is -0.376 e. The Morgan fingerprint density at radius 3 is 2.65 bits per heavy atom. The first-order chi connectivity index (χ1) is 7.50. The van der Waals surface area contributed by atoms with Crippen LogP contribution in [0.2, 0.25) is 0 Å². The molecule has 1 rings (SSSR count). The van der Waals surface area contributed by atoms with Crippen molar-refractivity contribution in [2.24, 2.45) is 11.7 Å². The van der Waals surface area contributed by atoms with Gasteiger partial charge in [0, 0.05) is 20.2 Å². The molecule has 1 heterocycles. The minimum absolute atomic E-state index is 0. The van der Waals surface area contributed by atoms with E-state index in [1.54, 1.807) is 4.90 Å². The second-order valence-corrected chi connectivity index (χ2v) is 5.09. The number of carbonyl (C=O) groups is 1. The Morgan fingerprint density at radius 2 is 2.18 bits per heavy atom. The summed E-state index contributed by atoms with van der Waals surface area (Å²) in [4.78, 5) is 13.6. The first-order valence-corrected chi connectivity index (χ1v) is 6.13. The topological polar surface area (TPSA) is 55.6 Å². The molecule has 0 spiro atoms. The number of rotatable bonds is 5. The summed E-state index contributed by atoms with van der Waals surface area (Å²) in [6.07, 6.45) is 3.11. The molecule has 0 saturated carbocycles. The predicted octanol–water partition coefficient (Wildman–Crippen LogP) is 1.42. The SMILES string of the molecule is CC(C)C[C@H](N)C(=O)N(C)CC1CCCO1.Cl. The van der Waals surface area contributed by atoms with Gasteiger partial charge in [-0.1, -0.05) is 13.8 Å². The largest absolute Gasteiger partial charge is 0.376 e. The third-order valence-corrected chi connectivity index (χ3v) is 2.92. The summed E-state index contributed by atoms with van der Waals surface area (Å²) in [6, 6.07) is -0.369. The highest BCUT2D eigenvalue weighted by molar-refractivity contribution is 5.85. The monoisotopic (exact) mass is 264 g/mol. The van der Waals surface area contributed by atoms with Gasteiger partial charge < -0.3 is 15.4 Å². The van der Waals surface area contributed by atoms with Crippen LogP contribution in [0.5, 0.6) is 0 Å². The maximum atomic E-state index is 11.9. The third kappa shape index (κ3) is 5.70.